The van der Waals surface area contributed by atoms with Crippen LogP contribution in [0.25, 0.3) is 11.0 Å². The van der Waals surface area contributed by atoms with Gasteiger partial charge < -0.3 is 14.2 Å². The maximum atomic E-state index is 13.1. The van der Waals surface area contributed by atoms with Gasteiger partial charge in [-0.15, -0.1) is 0 Å². The first-order valence-corrected chi connectivity index (χ1v) is 12.9. The normalized spacial score (nSPS) is 15.4. The molecule has 4 rings (SSSR count). The molecule has 0 radical (unpaired) electrons. The van der Waals surface area contributed by atoms with Crippen LogP contribution in [-0.4, -0.2) is 46.3 Å². The number of nitrogens with zero attached hydrogens (tertiary/aromatic N) is 4. The first-order valence-electron chi connectivity index (χ1n) is 12.9. The van der Waals surface area contributed by atoms with Gasteiger partial charge in [-0.1, -0.05) is 39.8 Å². The van der Waals surface area contributed by atoms with Gasteiger partial charge in [-0.05, 0) is 41.9 Å². The second-order valence-electron chi connectivity index (χ2n) is 11.2. The minimum atomic E-state index is -0.0891. The van der Waals surface area contributed by atoms with Crippen molar-refractivity contribution in [3.8, 4) is 11.8 Å². The summed E-state index contributed by atoms with van der Waals surface area (Å²) in [5.41, 5.74) is 3.58. The number of rotatable bonds is 6. The number of piperidine rings is 1. The molecule has 1 aliphatic heterocycles. The topological polar surface area (TPSA) is 88.2 Å². The molecule has 1 amide bonds. The van der Waals surface area contributed by atoms with E-state index in [1.165, 1.54) is 0 Å². The lowest BCUT2D eigenvalue weighted by Crippen LogP contribution is -2.43. The zero-order valence-corrected chi connectivity index (χ0v) is 22.7. The average molecular weight is 501 g/mol. The fourth-order valence-electron chi connectivity index (χ4n) is 5.15. The summed E-state index contributed by atoms with van der Waals surface area (Å²) in [7, 11) is 3.60. The lowest BCUT2D eigenvalue weighted by atomic mass is 9.80. The number of methoxy groups -OCH3 is 1. The van der Waals surface area contributed by atoms with E-state index >= 15 is 0 Å². The molecule has 7 heteroatoms. The Morgan fingerprint density at radius 3 is 2.57 bits per heavy atom. The third-order valence-electron chi connectivity index (χ3n) is 7.83. The van der Waals surface area contributed by atoms with Crippen molar-refractivity contribution in [1.29, 1.82) is 5.26 Å². The maximum Gasteiger partial charge on any atom is 0.225 e. The van der Waals surface area contributed by atoms with E-state index in [1.54, 1.807) is 37.6 Å². The van der Waals surface area contributed by atoms with Crippen molar-refractivity contribution in [3.05, 3.63) is 58.9 Å². The van der Waals surface area contributed by atoms with Crippen molar-refractivity contribution in [1.82, 2.24) is 14.5 Å². The standard InChI is InChI=1S/C30H36N4O3/c1-19(30(2,3)4)29(36)34-12-10-21(11-13-34)24-18-33(5)28-26(24)27(37-6)23(17-32-28)15-25(35)22-9-7-8-20(14-22)16-31/h7-9,14,17-19,21H,10-13,15H2,1-6H3/t19-/m1/s1. The van der Waals surface area contributed by atoms with E-state index in [0.717, 1.165) is 48.1 Å². The zero-order chi connectivity index (χ0) is 26.9. The van der Waals surface area contributed by atoms with Crippen LogP contribution in [0.15, 0.2) is 36.7 Å². The van der Waals surface area contributed by atoms with Gasteiger partial charge in [0.2, 0.25) is 5.91 Å². The van der Waals surface area contributed by atoms with Crippen LogP contribution in [0.1, 0.15) is 73.5 Å². The van der Waals surface area contributed by atoms with Gasteiger partial charge in [0.15, 0.2) is 5.78 Å². The third-order valence-corrected chi connectivity index (χ3v) is 7.83. The Hall–Kier alpha value is -3.66. The van der Waals surface area contributed by atoms with E-state index in [4.69, 9.17) is 9.72 Å². The Morgan fingerprint density at radius 2 is 1.95 bits per heavy atom. The van der Waals surface area contributed by atoms with Crippen molar-refractivity contribution < 1.29 is 14.3 Å². The van der Waals surface area contributed by atoms with Crippen LogP contribution in [-0.2, 0) is 18.3 Å². The molecule has 0 unspecified atom stereocenters. The first kappa shape index (κ1) is 26.4. The smallest absolute Gasteiger partial charge is 0.225 e. The second kappa shape index (κ2) is 10.4. The van der Waals surface area contributed by atoms with Crippen molar-refractivity contribution in [3.63, 3.8) is 0 Å². The molecular formula is C30H36N4O3. The number of amides is 1. The highest BCUT2D eigenvalue weighted by Gasteiger charge is 2.33. The molecule has 0 spiro atoms. The molecular weight excluding hydrogens is 464 g/mol. The highest BCUT2D eigenvalue weighted by molar-refractivity contribution is 5.99. The maximum absolute atomic E-state index is 13.1. The van der Waals surface area contributed by atoms with Crippen molar-refractivity contribution in [2.24, 2.45) is 18.4 Å². The Labute approximate surface area is 219 Å². The highest BCUT2D eigenvalue weighted by atomic mass is 16.5. The number of benzene rings is 1. The van der Waals surface area contributed by atoms with Gasteiger partial charge in [-0.3, -0.25) is 9.59 Å². The molecule has 0 aliphatic carbocycles. The monoisotopic (exact) mass is 500 g/mol. The summed E-state index contributed by atoms with van der Waals surface area (Å²) < 4.78 is 7.90. The minimum absolute atomic E-state index is 0.0279. The summed E-state index contributed by atoms with van der Waals surface area (Å²) in [5, 5.41) is 10.1. The number of ketones is 1. The fraction of sp³-hybridized carbons (Fsp3) is 0.467. The Bertz CT molecular complexity index is 1370. The first-order chi connectivity index (χ1) is 17.5. The number of aryl methyl sites for hydroxylation is 1. The molecule has 1 atom stereocenters. The summed E-state index contributed by atoms with van der Waals surface area (Å²) in [5.74, 6) is 1.05. The number of nitriles is 1. The molecule has 0 N–H and O–H groups in total. The molecule has 1 aromatic carbocycles. The predicted octanol–water partition coefficient (Wildman–Crippen LogP) is 5.27. The second-order valence-corrected chi connectivity index (χ2v) is 11.2. The number of hydrogen-bond donors (Lipinski definition) is 0. The van der Waals surface area contributed by atoms with Gasteiger partial charge in [0.25, 0.3) is 0 Å². The number of aromatic nitrogens is 2. The minimum Gasteiger partial charge on any atom is -0.496 e. The van der Waals surface area contributed by atoms with Gasteiger partial charge in [0.05, 0.1) is 24.1 Å². The van der Waals surface area contributed by atoms with Crippen LogP contribution in [0.4, 0.5) is 0 Å². The number of pyridine rings is 1. The molecule has 1 aliphatic rings. The Morgan fingerprint density at radius 1 is 1.24 bits per heavy atom. The Kier molecular flexibility index (Phi) is 7.40. The van der Waals surface area contributed by atoms with E-state index in [1.807, 2.05) is 23.4 Å². The highest BCUT2D eigenvalue weighted by Crippen LogP contribution is 2.40. The van der Waals surface area contributed by atoms with Crippen molar-refractivity contribution in [2.45, 2.75) is 52.9 Å². The largest absolute Gasteiger partial charge is 0.496 e. The van der Waals surface area contributed by atoms with E-state index in [0.29, 0.717) is 16.9 Å². The number of carbonyl (C=O) groups excluding carboxylic acids is 2. The van der Waals surface area contributed by atoms with Gasteiger partial charge in [-0.25, -0.2) is 4.98 Å². The fourth-order valence-corrected chi connectivity index (χ4v) is 5.15. The van der Waals surface area contributed by atoms with Crippen molar-refractivity contribution >= 4 is 22.7 Å². The Balaban J connectivity index is 1.61. The number of likely N-dealkylation sites (tertiary alicyclic amines) is 1. The van der Waals surface area contributed by atoms with Crippen molar-refractivity contribution in [2.75, 3.05) is 20.2 Å². The molecule has 1 fully saturated rings. The number of carbonyl (C=O) groups is 2. The van der Waals surface area contributed by atoms with Crippen LogP contribution in [0.3, 0.4) is 0 Å². The van der Waals surface area contributed by atoms with Gasteiger partial charge in [-0.2, -0.15) is 5.26 Å². The van der Waals surface area contributed by atoms with Crippen LogP contribution < -0.4 is 4.74 Å². The number of ether oxygens (including phenoxy) is 1. The van der Waals surface area contributed by atoms with Crippen LogP contribution >= 0.6 is 0 Å². The zero-order valence-electron chi connectivity index (χ0n) is 22.7. The van der Waals surface area contributed by atoms with Gasteiger partial charge >= 0.3 is 0 Å². The predicted molar refractivity (Wildman–Crippen MR) is 144 cm³/mol. The number of hydrogen-bond acceptors (Lipinski definition) is 5. The van der Waals surface area contributed by atoms with E-state index in [-0.39, 0.29) is 35.4 Å². The molecule has 3 aromatic rings. The van der Waals surface area contributed by atoms with Gasteiger partial charge in [0, 0.05) is 56.0 Å². The summed E-state index contributed by atoms with van der Waals surface area (Å²) in [6.45, 7) is 9.81. The van der Waals surface area contributed by atoms with E-state index in [9.17, 15) is 14.9 Å². The van der Waals surface area contributed by atoms with Crippen LogP contribution in [0.5, 0.6) is 5.75 Å². The van der Waals surface area contributed by atoms with Crippen LogP contribution in [0.2, 0.25) is 0 Å². The SMILES string of the molecule is COc1c(CC(=O)c2cccc(C#N)c2)cnc2c1c(C1CCN(C(=O)[C@@H](C)C(C)(C)C)CC1)cn2C. The van der Waals surface area contributed by atoms with E-state index < -0.39 is 0 Å². The molecule has 1 saturated heterocycles. The number of fused-ring (bicyclic) bond motifs is 1. The lowest BCUT2D eigenvalue weighted by molar-refractivity contribution is -0.139. The molecule has 7 nitrogen and oxygen atoms in total. The molecule has 0 saturated carbocycles. The van der Waals surface area contributed by atoms with E-state index in [2.05, 4.69) is 33.0 Å². The van der Waals surface area contributed by atoms with Crippen LogP contribution in [0, 0.1) is 22.7 Å². The summed E-state index contributed by atoms with van der Waals surface area (Å²) >= 11 is 0. The molecule has 194 valence electrons. The summed E-state index contributed by atoms with van der Waals surface area (Å²) in [6, 6.07) is 8.83. The third kappa shape index (κ3) is 5.24. The molecule has 3 heterocycles. The lowest BCUT2D eigenvalue weighted by Gasteiger charge is -2.36. The quantitative estimate of drug-likeness (QED) is 0.431. The molecule has 37 heavy (non-hydrogen) atoms. The summed E-state index contributed by atoms with van der Waals surface area (Å²) in [4.78, 5) is 32.8. The molecule has 0 bridgehead atoms. The van der Waals surface area contributed by atoms with Gasteiger partial charge in [0.1, 0.15) is 11.4 Å². The summed E-state index contributed by atoms with van der Waals surface area (Å²) in [6.07, 6.45) is 5.70. The molecule has 2 aromatic heterocycles. The average Bonchev–Trinajstić information content (AvgIpc) is 3.23. The number of Topliss-reactive ketones (excluding diaryl/α,β-unsaturated/α-hetero) is 1.